The Morgan fingerprint density at radius 3 is 2.38 bits per heavy atom. The minimum Gasteiger partial charge on any atom is -0.480 e. The van der Waals surface area contributed by atoms with E-state index in [4.69, 9.17) is 10.8 Å². The summed E-state index contributed by atoms with van der Waals surface area (Å²) in [6.07, 6.45) is 4.20. The molecule has 13 heavy (non-hydrogen) atoms. The molecule has 0 aromatic heterocycles. The second-order valence-electron chi connectivity index (χ2n) is 2.18. The molecule has 6 nitrogen and oxygen atoms in total. The van der Waals surface area contributed by atoms with Gasteiger partial charge in [0, 0.05) is 0 Å². The Hall–Kier alpha value is -2.03. The highest BCUT2D eigenvalue weighted by Gasteiger charge is 2.20. The molecule has 0 aromatic rings. The van der Waals surface area contributed by atoms with Crippen LogP contribution in [0.15, 0.2) is 0 Å². The molecule has 4 N–H and O–H groups in total. The van der Waals surface area contributed by atoms with Crippen LogP contribution in [-0.4, -0.2) is 28.9 Å². The number of carboxylic acids is 1. The van der Waals surface area contributed by atoms with Crippen LogP contribution in [0, 0.1) is 12.3 Å². The molecule has 0 saturated carbocycles. The summed E-state index contributed by atoms with van der Waals surface area (Å²) in [5.74, 6) is -1.42. The molecule has 0 unspecified atom stereocenters. The Morgan fingerprint density at radius 1 is 1.54 bits per heavy atom. The van der Waals surface area contributed by atoms with Crippen molar-refractivity contribution in [1.29, 1.82) is 0 Å². The van der Waals surface area contributed by atoms with E-state index in [1.165, 1.54) is 0 Å². The number of rotatable bonds is 4. The zero-order valence-corrected chi connectivity index (χ0v) is 6.61. The molecule has 0 radical (unpaired) electrons. The Morgan fingerprint density at radius 2 is 2.08 bits per heavy atom. The number of hydrogen-bond donors (Lipinski definition) is 3. The van der Waals surface area contributed by atoms with Crippen LogP contribution in [-0.2, 0) is 14.4 Å². The normalized spacial score (nSPS) is 11.0. The molecule has 1 atom stereocenters. The summed E-state index contributed by atoms with van der Waals surface area (Å²) in [5, 5.41) is 10.4. The van der Waals surface area contributed by atoms with E-state index >= 15 is 0 Å². The van der Waals surface area contributed by atoms with Crippen LogP contribution in [0.3, 0.4) is 0 Å². The number of aliphatic carboxylic acids is 1. The smallest absolute Gasteiger partial charge is 0.326 e. The van der Waals surface area contributed by atoms with Crippen molar-refractivity contribution in [3.63, 3.8) is 0 Å². The number of nitrogens with one attached hydrogen (secondary N) is 1. The fraction of sp³-hybridized carbons (Fsp3) is 0.286. The third-order valence-electron chi connectivity index (χ3n) is 1.14. The summed E-state index contributed by atoms with van der Waals surface area (Å²) < 4.78 is 0. The minimum atomic E-state index is -1.36. The second-order valence-corrected chi connectivity index (χ2v) is 2.18. The molecule has 0 aromatic carbocycles. The van der Waals surface area contributed by atoms with Gasteiger partial charge in [-0.15, -0.1) is 6.42 Å². The average molecular weight is 184 g/mol. The fourth-order valence-electron chi connectivity index (χ4n) is 0.601. The number of terminal acetylenes is 1. The number of nitrogens with two attached hydrogens (primary N) is 1. The summed E-state index contributed by atoms with van der Waals surface area (Å²) in [6.45, 7) is 0. The first-order valence-corrected chi connectivity index (χ1v) is 3.25. The Kier molecular flexibility index (Phi) is 4.02. The highest BCUT2D eigenvalue weighted by molar-refractivity contribution is 5.96. The van der Waals surface area contributed by atoms with Crippen molar-refractivity contribution in [2.75, 3.05) is 0 Å². The van der Waals surface area contributed by atoms with Gasteiger partial charge in [0.2, 0.25) is 5.91 Å². The maximum Gasteiger partial charge on any atom is 0.326 e. The fourth-order valence-corrected chi connectivity index (χ4v) is 0.601. The van der Waals surface area contributed by atoms with Crippen LogP contribution < -0.4 is 11.1 Å². The molecule has 0 bridgehead atoms. The summed E-state index contributed by atoms with van der Waals surface area (Å²) in [7, 11) is 0. The molecule has 2 amide bonds. The number of primary amides is 1. The van der Waals surface area contributed by atoms with Gasteiger partial charge in [0.1, 0.15) is 6.04 Å². The van der Waals surface area contributed by atoms with Crippen LogP contribution >= 0.6 is 0 Å². The van der Waals surface area contributed by atoms with Crippen molar-refractivity contribution >= 4 is 17.8 Å². The van der Waals surface area contributed by atoms with Gasteiger partial charge >= 0.3 is 5.97 Å². The number of carbonyl (C=O) groups excluding carboxylic acids is 2. The van der Waals surface area contributed by atoms with E-state index in [-0.39, 0.29) is 0 Å². The first kappa shape index (κ1) is 11.0. The molecule has 0 heterocycles. The monoisotopic (exact) mass is 184 g/mol. The average Bonchev–Trinajstić information content (AvgIpc) is 2.02. The first-order valence-electron chi connectivity index (χ1n) is 3.25. The molecule has 0 aliphatic carbocycles. The van der Waals surface area contributed by atoms with Gasteiger partial charge in [-0.2, -0.15) is 0 Å². The molecule has 70 valence electrons. The SMILES string of the molecule is C#CC(=O)N[C@H](CC(N)=O)C(=O)O. The predicted octanol–water partition coefficient (Wildman–Crippen LogP) is -1.94. The molecule has 0 spiro atoms. The van der Waals surface area contributed by atoms with E-state index in [9.17, 15) is 14.4 Å². The van der Waals surface area contributed by atoms with E-state index < -0.39 is 30.2 Å². The molecule has 6 heteroatoms. The van der Waals surface area contributed by atoms with E-state index in [2.05, 4.69) is 6.42 Å². The molecule has 0 saturated heterocycles. The van der Waals surface area contributed by atoms with Gasteiger partial charge in [0.25, 0.3) is 5.91 Å². The van der Waals surface area contributed by atoms with Crippen molar-refractivity contribution in [3.05, 3.63) is 0 Å². The van der Waals surface area contributed by atoms with Crippen molar-refractivity contribution in [1.82, 2.24) is 5.32 Å². The van der Waals surface area contributed by atoms with Gasteiger partial charge in [0.05, 0.1) is 6.42 Å². The molecular weight excluding hydrogens is 176 g/mol. The van der Waals surface area contributed by atoms with E-state index in [0.29, 0.717) is 0 Å². The molecule has 0 fully saturated rings. The number of amides is 2. The van der Waals surface area contributed by atoms with Gasteiger partial charge in [-0.25, -0.2) is 4.79 Å². The maximum atomic E-state index is 10.5. The van der Waals surface area contributed by atoms with Crippen LogP contribution in [0.5, 0.6) is 0 Å². The summed E-state index contributed by atoms with van der Waals surface area (Å²) in [4.78, 5) is 31.3. The van der Waals surface area contributed by atoms with E-state index in [1.807, 2.05) is 5.32 Å². The summed E-state index contributed by atoms with van der Waals surface area (Å²) in [6, 6.07) is -1.36. The van der Waals surface area contributed by atoms with E-state index in [1.54, 1.807) is 5.92 Å². The third kappa shape index (κ3) is 4.42. The van der Waals surface area contributed by atoms with Crippen molar-refractivity contribution in [2.45, 2.75) is 12.5 Å². The Labute approximate surface area is 74.1 Å². The van der Waals surface area contributed by atoms with Gasteiger partial charge in [-0.05, 0) is 5.92 Å². The second kappa shape index (κ2) is 4.77. The lowest BCUT2D eigenvalue weighted by atomic mass is 10.2. The van der Waals surface area contributed by atoms with Crippen molar-refractivity contribution < 1.29 is 19.5 Å². The lowest BCUT2D eigenvalue weighted by molar-refractivity contribution is -0.142. The van der Waals surface area contributed by atoms with Gasteiger partial charge in [-0.3, -0.25) is 9.59 Å². The molecule has 0 aliphatic heterocycles. The highest BCUT2D eigenvalue weighted by atomic mass is 16.4. The van der Waals surface area contributed by atoms with Gasteiger partial charge in [0.15, 0.2) is 0 Å². The largest absolute Gasteiger partial charge is 0.480 e. The maximum absolute atomic E-state index is 10.5. The Bertz CT molecular complexity index is 279. The van der Waals surface area contributed by atoms with Crippen molar-refractivity contribution in [3.8, 4) is 12.3 Å². The molecule has 0 aliphatic rings. The van der Waals surface area contributed by atoms with Crippen LogP contribution in [0.25, 0.3) is 0 Å². The minimum absolute atomic E-state index is 0.483. The lowest BCUT2D eigenvalue weighted by Gasteiger charge is -2.09. The van der Waals surface area contributed by atoms with Crippen LogP contribution in [0.2, 0.25) is 0 Å². The lowest BCUT2D eigenvalue weighted by Crippen LogP contribution is -2.42. The highest BCUT2D eigenvalue weighted by Crippen LogP contribution is 1.90. The predicted molar refractivity (Wildman–Crippen MR) is 42.2 cm³/mol. The summed E-state index contributed by atoms with van der Waals surface area (Å²) in [5.41, 5.74) is 4.74. The first-order chi connectivity index (χ1) is 5.97. The number of carboxylic acid groups (broad SMARTS) is 1. The molecule has 0 rings (SSSR count). The topological polar surface area (TPSA) is 109 Å². The standard InChI is InChI=1S/C7H8N2O4/c1-2-6(11)9-4(7(12)13)3-5(8)10/h1,4H,3H2,(H2,8,10)(H,9,11)(H,12,13)/t4-/m1/s1. The van der Waals surface area contributed by atoms with Crippen LogP contribution in [0.1, 0.15) is 6.42 Å². The van der Waals surface area contributed by atoms with Crippen LogP contribution in [0.4, 0.5) is 0 Å². The zero-order valence-electron chi connectivity index (χ0n) is 6.61. The van der Waals surface area contributed by atoms with Crippen molar-refractivity contribution in [2.24, 2.45) is 5.73 Å². The number of hydrogen-bond acceptors (Lipinski definition) is 3. The molecular formula is C7H8N2O4. The quantitative estimate of drug-likeness (QED) is 0.441. The number of carbonyl (C=O) groups is 3. The van der Waals surface area contributed by atoms with Gasteiger partial charge < -0.3 is 16.2 Å². The Balaban J connectivity index is 4.28. The van der Waals surface area contributed by atoms with E-state index in [0.717, 1.165) is 0 Å². The third-order valence-corrected chi connectivity index (χ3v) is 1.14. The summed E-state index contributed by atoms with van der Waals surface area (Å²) >= 11 is 0. The van der Waals surface area contributed by atoms with Gasteiger partial charge in [-0.1, -0.05) is 0 Å². The zero-order chi connectivity index (χ0) is 10.4.